The van der Waals surface area contributed by atoms with Gasteiger partial charge in [0, 0.05) is 32.2 Å². The molecule has 2 aliphatic rings. The van der Waals surface area contributed by atoms with Crippen LogP contribution in [0.15, 0.2) is 48.5 Å². The van der Waals surface area contributed by atoms with Gasteiger partial charge in [0.1, 0.15) is 0 Å². The predicted octanol–water partition coefficient (Wildman–Crippen LogP) is 5.69. The summed E-state index contributed by atoms with van der Waals surface area (Å²) in [5.41, 5.74) is -3.14. The number of halogens is 6. The summed E-state index contributed by atoms with van der Waals surface area (Å²) in [7, 11) is 0. The van der Waals surface area contributed by atoms with Crippen LogP contribution in [0.3, 0.4) is 0 Å². The molecule has 4 nitrogen and oxygen atoms in total. The van der Waals surface area contributed by atoms with Gasteiger partial charge in [-0.1, -0.05) is 30.3 Å². The molecule has 1 amide bonds. The second-order valence-electron chi connectivity index (χ2n) is 10.00. The number of nitrogens with zero attached hydrogens (tertiary/aromatic N) is 1. The molecular formula is C27H31F6N3O. The van der Waals surface area contributed by atoms with Crippen LogP contribution >= 0.6 is 0 Å². The first-order chi connectivity index (χ1) is 17.4. The molecule has 0 aromatic heterocycles. The third-order valence-electron chi connectivity index (χ3n) is 7.70. The lowest BCUT2D eigenvalue weighted by Crippen LogP contribution is -2.53. The van der Waals surface area contributed by atoms with Gasteiger partial charge >= 0.3 is 12.4 Å². The summed E-state index contributed by atoms with van der Waals surface area (Å²) in [6.45, 7) is 5.11. The van der Waals surface area contributed by atoms with E-state index in [-0.39, 0.29) is 17.5 Å². The smallest absolute Gasteiger partial charge is 0.349 e. The molecule has 202 valence electrons. The number of nitrogens with one attached hydrogen (secondary N) is 2. The SMILES string of the molecule is CC(NC(=O)[C@]1(c2ccccc2)CC[C@@H](N2CCNCC2)CC1)c1cc(C(F)(F)F)cc(C(F)(F)F)c1. The highest BCUT2D eigenvalue weighted by Gasteiger charge is 2.45. The van der Waals surface area contributed by atoms with Crippen LogP contribution in [0.1, 0.15) is 60.9 Å². The summed E-state index contributed by atoms with van der Waals surface area (Å²) in [5.74, 6) is -0.379. The Labute approximate surface area is 212 Å². The molecule has 1 saturated heterocycles. The molecule has 2 fully saturated rings. The van der Waals surface area contributed by atoms with E-state index in [2.05, 4.69) is 15.5 Å². The van der Waals surface area contributed by atoms with Crippen molar-refractivity contribution < 1.29 is 31.1 Å². The molecule has 1 unspecified atom stereocenters. The van der Waals surface area contributed by atoms with E-state index < -0.39 is 34.9 Å². The van der Waals surface area contributed by atoms with Gasteiger partial charge in [-0.3, -0.25) is 9.69 Å². The number of amides is 1. The number of benzene rings is 2. The molecule has 2 aromatic carbocycles. The third-order valence-corrected chi connectivity index (χ3v) is 7.70. The zero-order valence-corrected chi connectivity index (χ0v) is 20.6. The Morgan fingerprint density at radius 2 is 1.49 bits per heavy atom. The molecule has 1 atom stereocenters. The molecule has 0 radical (unpaired) electrons. The normalized spacial score (nSPS) is 24.5. The lowest BCUT2D eigenvalue weighted by atomic mass is 9.67. The molecule has 2 aromatic rings. The second-order valence-corrected chi connectivity index (χ2v) is 10.00. The maximum atomic E-state index is 13.8. The summed E-state index contributed by atoms with van der Waals surface area (Å²) < 4.78 is 80.2. The predicted molar refractivity (Wildman–Crippen MR) is 128 cm³/mol. The quantitative estimate of drug-likeness (QED) is 0.492. The topological polar surface area (TPSA) is 44.4 Å². The number of rotatable bonds is 5. The highest BCUT2D eigenvalue weighted by molar-refractivity contribution is 5.88. The summed E-state index contributed by atoms with van der Waals surface area (Å²) >= 11 is 0. The molecular weight excluding hydrogens is 496 g/mol. The van der Waals surface area contributed by atoms with E-state index in [0.29, 0.717) is 31.0 Å². The first kappa shape index (κ1) is 27.4. The number of piperazine rings is 1. The number of carbonyl (C=O) groups is 1. The van der Waals surface area contributed by atoms with Crippen molar-refractivity contribution in [2.24, 2.45) is 0 Å². The number of hydrogen-bond acceptors (Lipinski definition) is 3. The van der Waals surface area contributed by atoms with Crippen molar-refractivity contribution in [2.75, 3.05) is 26.2 Å². The second kappa shape index (κ2) is 10.6. The fraction of sp³-hybridized carbons (Fsp3) is 0.519. The highest BCUT2D eigenvalue weighted by atomic mass is 19.4. The Balaban J connectivity index is 1.59. The van der Waals surface area contributed by atoms with Gasteiger partial charge in [-0.05, 0) is 61.9 Å². The minimum atomic E-state index is -4.95. The third kappa shape index (κ3) is 6.12. The monoisotopic (exact) mass is 527 g/mol. The zero-order valence-electron chi connectivity index (χ0n) is 20.6. The highest BCUT2D eigenvalue weighted by Crippen LogP contribution is 2.42. The number of carbonyl (C=O) groups excluding carboxylic acids is 1. The summed E-state index contributed by atoms with van der Waals surface area (Å²) in [6, 6.07) is 9.96. The summed E-state index contributed by atoms with van der Waals surface area (Å²) in [4.78, 5) is 16.2. The summed E-state index contributed by atoms with van der Waals surface area (Å²) in [5, 5.41) is 6.09. The molecule has 1 aliphatic carbocycles. The largest absolute Gasteiger partial charge is 0.416 e. The minimum absolute atomic E-state index is 0.0981. The first-order valence-electron chi connectivity index (χ1n) is 12.5. The lowest BCUT2D eigenvalue weighted by Gasteiger charge is -2.44. The van der Waals surface area contributed by atoms with E-state index in [1.54, 1.807) is 0 Å². The van der Waals surface area contributed by atoms with Crippen LogP contribution < -0.4 is 10.6 Å². The van der Waals surface area contributed by atoms with Crippen molar-refractivity contribution in [1.82, 2.24) is 15.5 Å². The lowest BCUT2D eigenvalue weighted by molar-refractivity contribution is -0.143. The van der Waals surface area contributed by atoms with Crippen LogP contribution in [0.25, 0.3) is 0 Å². The van der Waals surface area contributed by atoms with Crippen molar-refractivity contribution in [2.45, 2.75) is 62.5 Å². The van der Waals surface area contributed by atoms with E-state index >= 15 is 0 Å². The van der Waals surface area contributed by atoms with Crippen molar-refractivity contribution in [3.05, 3.63) is 70.8 Å². The Kier molecular flexibility index (Phi) is 7.90. The van der Waals surface area contributed by atoms with Gasteiger partial charge in [0.2, 0.25) is 5.91 Å². The van der Waals surface area contributed by atoms with Crippen LogP contribution in [0.2, 0.25) is 0 Å². The maximum Gasteiger partial charge on any atom is 0.416 e. The van der Waals surface area contributed by atoms with Crippen LogP contribution in [-0.4, -0.2) is 43.0 Å². The molecule has 37 heavy (non-hydrogen) atoms. The van der Waals surface area contributed by atoms with Gasteiger partial charge in [0.05, 0.1) is 22.6 Å². The average Bonchev–Trinajstić information content (AvgIpc) is 2.88. The Morgan fingerprint density at radius 3 is 2.00 bits per heavy atom. The van der Waals surface area contributed by atoms with Gasteiger partial charge in [-0.2, -0.15) is 26.3 Å². The standard InChI is InChI=1S/C27H31F6N3O/c1-18(19-15-21(26(28,29)30)17-22(16-19)27(31,32)33)35-24(37)25(20-5-3-2-4-6-20)9-7-23(8-10-25)36-13-11-34-12-14-36/h2-6,15-18,23,34H,7-14H2,1H3,(H,35,37)/t18?,23-,25-. The van der Waals surface area contributed by atoms with Gasteiger partial charge in [-0.15, -0.1) is 0 Å². The van der Waals surface area contributed by atoms with Crippen LogP contribution in [-0.2, 0) is 22.6 Å². The van der Waals surface area contributed by atoms with Gasteiger partial charge in [0.25, 0.3) is 0 Å². The Hall–Kier alpha value is -2.59. The average molecular weight is 528 g/mol. The molecule has 0 spiro atoms. The molecule has 1 aliphatic heterocycles. The molecule has 1 saturated carbocycles. The Bertz CT molecular complexity index is 1040. The number of alkyl halides is 6. The van der Waals surface area contributed by atoms with Gasteiger partial charge < -0.3 is 10.6 Å². The molecule has 2 N–H and O–H groups in total. The molecule has 1 heterocycles. The minimum Gasteiger partial charge on any atom is -0.349 e. The molecule has 0 bridgehead atoms. The van der Waals surface area contributed by atoms with Gasteiger partial charge in [0.15, 0.2) is 0 Å². The van der Waals surface area contributed by atoms with Crippen molar-refractivity contribution >= 4 is 5.91 Å². The van der Waals surface area contributed by atoms with Crippen molar-refractivity contribution in [3.8, 4) is 0 Å². The number of hydrogen-bond donors (Lipinski definition) is 2. The van der Waals surface area contributed by atoms with Crippen LogP contribution in [0.4, 0.5) is 26.3 Å². The van der Waals surface area contributed by atoms with Gasteiger partial charge in [-0.25, -0.2) is 0 Å². The van der Waals surface area contributed by atoms with E-state index in [1.165, 1.54) is 6.92 Å². The van der Waals surface area contributed by atoms with E-state index in [1.807, 2.05) is 30.3 Å². The van der Waals surface area contributed by atoms with Crippen molar-refractivity contribution in [3.63, 3.8) is 0 Å². The zero-order chi connectivity index (χ0) is 26.8. The van der Waals surface area contributed by atoms with Crippen LogP contribution in [0.5, 0.6) is 0 Å². The fourth-order valence-electron chi connectivity index (χ4n) is 5.56. The first-order valence-corrected chi connectivity index (χ1v) is 12.5. The van der Waals surface area contributed by atoms with Crippen molar-refractivity contribution in [1.29, 1.82) is 0 Å². The molecule has 4 rings (SSSR count). The summed E-state index contributed by atoms with van der Waals surface area (Å²) in [6.07, 6.45) is -7.27. The molecule has 10 heteroatoms. The Morgan fingerprint density at radius 1 is 0.946 bits per heavy atom. The van der Waals surface area contributed by atoms with E-state index in [9.17, 15) is 31.1 Å². The van der Waals surface area contributed by atoms with E-state index in [0.717, 1.165) is 44.6 Å². The fourth-order valence-corrected chi connectivity index (χ4v) is 5.56. The van der Waals surface area contributed by atoms with Crippen LogP contribution in [0, 0.1) is 0 Å². The maximum absolute atomic E-state index is 13.8. The van der Waals surface area contributed by atoms with E-state index in [4.69, 9.17) is 0 Å².